The highest BCUT2D eigenvalue weighted by atomic mass is 19.1. The van der Waals surface area contributed by atoms with Gasteiger partial charge in [-0.15, -0.1) is 0 Å². The minimum atomic E-state index is -0.276. The van der Waals surface area contributed by atoms with Crippen LogP contribution in [-0.4, -0.2) is 9.97 Å². The first kappa shape index (κ1) is 10.5. The molecule has 1 aromatic heterocycles. The van der Waals surface area contributed by atoms with Gasteiger partial charge in [-0.1, -0.05) is 0 Å². The molecule has 0 aliphatic rings. The molecular formula is C11H11FN4. The van der Waals surface area contributed by atoms with Crippen LogP contribution in [0.5, 0.6) is 0 Å². The van der Waals surface area contributed by atoms with E-state index < -0.39 is 0 Å². The molecule has 2 rings (SSSR count). The molecule has 1 aromatic carbocycles. The molecular weight excluding hydrogens is 207 g/mol. The van der Waals surface area contributed by atoms with E-state index in [1.54, 1.807) is 24.4 Å². The SMILES string of the molecule is NCc1ccnc(Nc2ccc(F)cc2)n1. The summed E-state index contributed by atoms with van der Waals surface area (Å²) in [5, 5.41) is 2.96. The van der Waals surface area contributed by atoms with Crippen molar-refractivity contribution in [2.75, 3.05) is 5.32 Å². The van der Waals surface area contributed by atoms with Gasteiger partial charge < -0.3 is 11.1 Å². The predicted octanol–water partition coefficient (Wildman–Crippen LogP) is 1.82. The minimum Gasteiger partial charge on any atom is -0.325 e. The van der Waals surface area contributed by atoms with Gasteiger partial charge in [-0.25, -0.2) is 14.4 Å². The molecule has 0 aliphatic carbocycles. The van der Waals surface area contributed by atoms with E-state index >= 15 is 0 Å². The Kier molecular flexibility index (Phi) is 3.07. The van der Waals surface area contributed by atoms with Crippen molar-refractivity contribution in [1.82, 2.24) is 9.97 Å². The van der Waals surface area contributed by atoms with Crippen molar-refractivity contribution in [3.8, 4) is 0 Å². The second kappa shape index (κ2) is 4.67. The van der Waals surface area contributed by atoms with Crippen molar-refractivity contribution < 1.29 is 4.39 Å². The van der Waals surface area contributed by atoms with Gasteiger partial charge in [0, 0.05) is 18.4 Å². The molecule has 0 aliphatic heterocycles. The first-order valence-corrected chi connectivity index (χ1v) is 4.82. The first-order valence-electron chi connectivity index (χ1n) is 4.82. The summed E-state index contributed by atoms with van der Waals surface area (Å²) in [4.78, 5) is 8.20. The van der Waals surface area contributed by atoms with Crippen LogP contribution in [0.4, 0.5) is 16.0 Å². The van der Waals surface area contributed by atoms with Crippen molar-refractivity contribution in [3.05, 3.63) is 48.0 Å². The van der Waals surface area contributed by atoms with Crippen LogP contribution < -0.4 is 11.1 Å². The zero-order valence-electron chi connectivity index (χ0n) is 8.52. The van der Waals surface area contributed by atoms with Crippen LogP contribution in [0.1, 0.15) is 5.69 Å². The van der Waals surface area contributed by atoms with E-state index in [1.165, 1.54) is 12.1 Å². The van der Waals surface area contributed by atoms with Gasteiger partial charge in [0.05, 0.1) is 5.69 Å². The van der Waals surface area contributed by atoms with Crippen LogP contribution in [0.2, 0.25) is 0 Å². The Balaban J connectivity index is 2.16. The summed E-state index contributed by atoms with van der Waals surface area (Å²) in [6, 6.07) is 7.72. The average Bonchev–Trinajstić information content (AvgIpc) is 2.32. The Morgan fingerprint density at radius 3 is 2.62 bits per heavy atom. The summed E-state index contributed by atoms with van der Waals surface area (Å²) in [6.45, 7) is 0.362. The lowest BCUT2D eigenvalue weighted by atomic mass is 10.3. The Labute approximate surface area is 92.3 Å². The number of anilines is 2. The third-order valence-corrected chi connectivity index (χ3v) is 2.02. The van der Waals surface area contributed by atoms with Gasteiger partial charge in [0.25, 0.3) is 0 Å². The third-order valence-electron chi connectivity index (χ3n) is 2.02. The highest BCUT2D eigenvalue weighted by Crippen LogP contribution is 2.13. The summed E-state index contributed by atoms with van der Waals surface area (Å²) in [5.74, 6) is 0.178. The fraction of sp³-hybridized carbons (Fsp3) is 0.0909. The summed E-state index contributed by atoms with van der Waals surface area (Å²) < 4.78 is 12.7. The summed E-state index contributed by atoms with van der Waals surface area (Å²) in [7, 11) is 0. The molecule has 5 heteroatoms. The lowest BCUT2D eigenvalue weighted by molar-refractivity contribution is 0.628. The summed E-state index contributed by atoms with van der Waals surface area (Å²) in [6.07, 6.45) is 1.63. The lowest BCUT2D eigenvalue weighted by Gasteiger charge is -2.05. The lowest BCUT2D eigenvalue weighted by Crippen LogP contribution is -2.03. The molecule has 4 nitrogen and oxygen atoms in total. The van der Waals surface area contributed by atoms with Crippen LogP contribution in [-0.2, 0) is 6.54 Å². The zero-order valence-corrected chi connectivity index (χ0v) is 8.52. The molecule has 3 N–H and O–H groups in total. The number of hydrogen-bond acceptors (Lipinski definition) is 4. The Bertz CT molecular complexity index is 470. The number of rotatable bonds is 3. The van der Waals surface area contributed by atoms with Gasteiger partial charge in [0.2, 0.25) is 5.95 Å². The van der Waals surface area contributed by atoms with Crippen LogP contribution in [0.3, 0.4) is 0 Å². The first-order chi connectivity index (χ1) is 7.78. The zero-order chi connectivity index (χ0) is 11.4. The molecule has 1 heterocycles. The molecule has 82 valence electrons. The molecule has 2 aromatic rings. The average molecular weight is 218 g/mol. The van der Waals surface area contributed by atoms with E-state index in [1.807, 2.05) is 0 Å². The fourth-order valence-electron chi connectivity index (χ4n) is 1.23. The molecule has 0 bridgehead atoms. The standard InChI is InChI=1S/C11H11FN4/c12-8-1-3-9(4-2-8)15-11-14-6-5-10(7-13)16-11/h1-6H,7,13H2,(H,14,15,16). The van der Waals surface area contributed by atoms with Crippen molar-refractivity contribution in [3.63, 3.8) is 0 Å². The van der Waals surface area contributed by atoms with Crippen LogP contribution in [0.25, 0.3) is 0 Å². The minimum absolute atomic E-state index is 0.276. The molecule has 0 fully saturated rings. The van der Waals surface area contributed by atoms with Crippen LogP contribution in [0, 0.1) is 5.82 Å². The highest BCUT2D eigenvalue weighted by Gasteiger charge is 1.99. The van der Waals surface area contributed by atoms with Gasteiger partial charge in [0.1, 0.15) is 5.82 Å². The second-order valence-corrected chi connectivity index (χ2v) is 3.21. The molecule has 0 radical (unpaired) electrons. The number of nitrogens with two attached hydrogens (primary N) is 1. The number of nitrogens with zero attached hydrogens (tertiary/aromatic N) is 2. The highest BCUT2D eigenvalue weighted by molar-refractivity contribution is 5.52. The van der Waals surface area contributed by atoms with Gasteiger partial charge >= 0.3 is 0 Å². The molecule has 0 saturated heterocycles. The quantitative estimate of drug-likeness (QED) is 0.824. The second-order valence-electron chi connectivity index (χ2n) is 3.21. The Hall–Kier alpha value is -2.01. The van der Waals surface area contributed by atoms with Gasteiger partial charge in [-0.3, -0.25) is 0 Å². The Morgan fingerprint density at radius 1 is 1.19 bits per heavy atom. The monoisotopic (exact) mass is 218 g/mol. The third kappa shape index (κ3) is 2.52. The molecule has 0 spiro atoms. The van der Waals surface area contributed by atoms with Crippen molar-refractivity contribution >= 4 is 11.6 Å². The topological polar surface area (TPSA) is 63.8 Å². The largest absolute Gasteiger partial charge is 0.325 e. The van der Waals surface area contributed by atoms with Crippen molar-refractivity contribution in [2.45, 2.75) is 6.54 Å². The number of nitrogens with one attached hydrogen (secondary N) is 1. The van der Waals surface area contributed by atoms with Gasteiger partial charge in [-0.2, -0.15) is 0 Å². The van der Waals surface area contributed by atoms with Gasteiger partial charge in [-0.05, 0) is 30.3 Å². The molecule has 16 heavy (non-hydrogen) atoms. The molecule has 0 unspecified atom stereocenters. The fourth-order valence-corrected chi connectivity index (χ4v) is 1.23. The maximum Gasteiger partial charge on any atom is 0.227 e. The normalized spacial score (nSPS) is 10.1. The maximum atomic E-state index is 12.7. The van der Waals surface area contributed by atoms with E-state index in [4.69, 9.17) is 5.73 Å². The van der Waals surface area contributed by atoms with Crippen molar-refractivity contribution in [2.24, 2.45) is 5.73 Å². The van der Waals surface area contributed by atoms with Crippen molar-refractivity contribution in [1.29, 1.82) is 0 Å². The van der Waals surface area contributed by atoms with E-state index in [0.29, 0.717) is 12.5 Å². The number of benzene rings is 1. The maximum absolute atomic E-state index is 12.7. The van der Waals surface area contributed by atoms with E-state index in [9.17, 15) is 4.39 Å². The van der Waals surface area contributed by atoms with E-state index in [-0.39, 0.29) is 5.82 Å². The molecule has 0 amide bonds. The summed E-state index contributed by atoms with van der Waals surface area (Å²) in [5.41, 5.74) is 6.95. The number of hydrogen-bond donors (Lipinski definition) is 2. The van der Waals surface area contributed by atoms with Crippen LogP contribution >= 0.6 is 0 Å². The van der Waals surface area contributed by atoms with E-state index in [0.717, 1.165) is 11.4 Å². The Morgan fingerprint density at radius 2 is 1.94 bits per heavy atom. The van der Waals surface area contributed by atoms with Crippen LogP contribution in [0.15, 0.2) is 36.5 Å². The number of halogens is 1. The van der Waals surface area contributed by atoms with Gasteiger partial charge in [0.15, 0.2) is 0 Å². The van der Waals surface area contributed by atoms with E-state index in [2.05, 4.69) is 15.3 Å². The smallest absolute Gasteiger partial charge is 0.227 e. The number of aromatic nitrogens is 2. The molecule has 0 saturated carbocycles. The summed E-state index contributed by atoms with van der Waals surface area (Å²) >= 11 is 0. The predicted molar refractivity (Wildman–Crippen MR) is 59.6 cm³/mol. The molecule has 0 atom stereocenters.